The zero-order valence-corrected chi connectivity index (χ0v) is 4.97. The molecule has 0 spiro atoms. The van der Waals surface area contributed by atoms with E-state index in [9.17, 15) is 0 Å². The van der Waals surface area contributed by atoms with Crippen LogP contribution in [-0.2, 0) is 0 Å². The van der Waals surface area contributed by atoms with Gasteiger partial charge in [-0.3, -0.25) is 4.98 Å². The van der Waals surface area contributed by atoms with Gasteiger partial charge in [0.1, 0.15) is 11.4 Å². The van der Waals surface area contributed by atoms with Crippen molar-refractivity contribution >= 4 is 0 Å². The van der Waals surface area contributed by atoms with Crippen molar-refractivity contribution in [1.29, 1.82) is 0 Å². The van der Waals surface area contributed by atoms with Crippen LogP contribution in [0.1, 0.15) is 0 Å². The predicted octanol–water partition coefficient (Wildman–Crippen LogP) is 0.0152. The summed E-state index contributed by atoms with van der Waals surface area (Å²) in [5.41, 5.74) is 1.32. The molecule has 50 valence electrons. The molecular formula is C5H4N4O. The summed E-state index contributed by atoms with van der Waals surface area (Å²) in [5, 5.41) is 15.8. The smallest absolute Gasteiger partial charge is 0.118 e. The van der Waals surface area contributed by atoms with Gasteiger partial charge in [-0.2, -0.15) is 0 Å². The van der Waals surface area contributed by atoms with Gasteiger partial charge in [-0.15, -0.1) is 10.2 Å². The highest BCUT2D eigenvalue weighted by Crippen LogP contribution is 2.12. The van der Waals surface area contributed by atoms with Gasteiger partial charge in [-0.25, -0.2) is 0 Å². The maximum atomic E-state index is 8.72. The topological polar surface area (TPSA) is 63.8 Å². The molecule has 2 rings (SSSR count). The maximum Gasteiger partial charge on any atom is 0.118 e. The Morgan fingerprint density at radius 3 is 3.20 bits per heavy atom. The van der Waals surface area contributed by atoms with E-state index < -0.39 is 0 Å². The summed E-state index contributed by atoms with van der Waals surface area (Å²) in [4.78, 5) is 4.43. The fourth-order valence-electron chi connectivity index (χ4n) is 0.752. The third kappa shape index (κ3) is 0.604. The molecule has 0 aliphatic carbocycles. The first-order valence-corrected chi connectivity index (χ1v) is 2.72. The molecule has 0 amide bonds. The van der Waals surface area contributed by atoms with Crippen molar-refractivity contribution < 1.29 is 5.21 Å². The summed E-state index contributed by atoms with van der Waals surface area (Å²) in [6.45, 7) is 0. The lowest BCUT2D eigenvalue weighted by atomic mass is 10.4. The molecule has 5 nitrogen and oxygen atoms in total. The summed E-state index contributed by atoms with van der Waals surface area (Å²) in [7, 11) is 0. The average Bonchev–Trinajstić information content (AvgIpc) is 2.33. The van der Waals surface area contributed by atoms with Crippen LogP contribution >= 0.6 is 0 Å². The monoisotopic (exact) mass is 136 g/mol. The fraction of sp³-hybridized carbons (Fsp3) is 0. The highest BCUT2D eigenvalue weighted by molar-refractivity contribution is 5.52. The quantitative estimate of drug-likeness (QED) is 0.518. The van der Waals surface area contributed by atoms with Crippen LogP contribution in [0.5, 0.6) is 0 Å². The Kier molecular flexibility index (Phi) is 0.858. The van der Waals surface area contributed by atoms with Crippen LogP contribution < -0.4 is 0 Å². The van der Waals surface area contributed by atoms with Crippen molar-refractivity contribution in [3.05, 3.63) is 18.5 Å². The Balaban J connectivity index is 2.75. The van der Waals surface area contributed by atoms with E-state index in [2.05, 4.69) is 15.2 Å². The van der Waals surface area contributed by atoms with Gasteiger partial charge in [-0.05, 0) is 11.0 Å². The minimum atomic E-state index is 0.518. The van der Waals surface area contributed by atoms with E-state index in [0.717, 1.165) is 0 Å². The summed E-state index contributed by atoms with van der Waals surface area (Å²) in [5.74, 6) is 0. The highest BCUT2D eigenvalue weighted by Gasteiger charge is 2.04. The minimum Gasteiger partial charge on any atom is -0.396 e. The molecule has 0 unspecified atom stereocenters. The van der Waals surface area contributed by atoms with Gasteiger partial charge < -0.3 is 5.21 Å². The molecule has 0 aromatic rings. The van der Waals surface area contributed by atoms with Gasteiger partial charge in [0.2, 0.25) is 0 Å². The maximum absolute atomic E-state index is 8.72. The molecule has 0 saturated heterocycles. The molecule has 0 aromatic heterocycles. The van der Waals surface area contributed by atoms with Crippen LogP contribution in [0.3, 0.4) is 0 Å². The van der Waals surface area contributed by atoms with E-state index >= 15 is 0 Å². The van der Waals surface area contributed by atoms with Crippen molar-refractivity contribution in [1.82, 2.24) is 20.1 Å². The Hall–Kier alpha value is -1.65. The predicted molar refractivity (Wildman–Crippen MR) is 31.6 cm³/mol. The molecule has 0 aromatic carbocycles. The van der Waals surface area contributed by atoms with E-state index in [-0.39, 0.29) is 0 Å². The average molecular weight is 136 g/mol. The third-order valence-electron chi connectivity index (χ3n) is 1.19. The summed E-state index contributed by atoms with van der Waals surface area (Å²) < 4.78 is 0. The Morgan fingerprint density at radius 2 is 2.30 bits per heavy atom. The number of aromatic nitrogens is 4. The van der Waals surface area contributed by atoms with E-state index in [4.69, 9.17) is 5.21 Å². The van der Waals surface area contributed by atoms with Gasteiger partial charge in [0.25, 0.3) is 0 Å². The van der Waals surface area contributed by atoms with E-state index in [1.807, 2.05) is 0 Å². The lowest BCUT2D eigenvalue weighted by molar-refractivity contribution is 0.104. The first-order valence-electron chi connectivity index (χ1n) is 2.72. The Labute approximate surface area is 56.2 Å². The molecule has 2 heterocycles. The van der Waals surface area contributed by atoms with Crippen molar-refractivity contribution in [2.24, 2.45) is 0 Å². The van der Waals surface area contributed by atoms with Crippen molar-refractivity contribution in [2.45, 2.75) is 0 Å². The Morgan fingerprint density at radius 1 is 1.40 bits per heavy atom. The van der Waals surface area contributed by atoms with Crippen molar-refractivity contribution in [3.8, 4) is 11.4 Å². The molecule has 2 aliphatic rings. The second-order valence-electron chi connectivity index (χ2n) is 1.83. The third-order valence-corrected chi connectivity index (χ3v) is 1.19. The van der Waals surface area contributed by atoms with E-state index in [1.54, 1.807) is 12.3 Å². The fourth-order valence-corrected chi connectivity index (χ4v) is 0.752. The van der Waals surface area contributed by atoms with Gasteiger partial charge in [0.15, 0.2) is 0 Å². The molecule has 1 N–H and O–H groups in total. The van der Waals surface area contributed by atoms with Gasteiger partial charge in [-0.1, -0.05) is 0 Å². The van der Waals surface area contributed by atoms with Crippen LogP contribution in [0.25, 0.3) is 11.4 Å². The number of fused-ring (bicyclic) bond motifs is 1. The van der Waals surface area contributed by atoms with Crippen LogP contribution in [0, 0.1) is 0 Å². The summed E-state index contributed by atoms with van der Waals surface area (Å²) in [6, 6.07) is 1.70. The first kappa shape index (κ1) is 5.16. The Bertz CT molecular complexity index is 318. The SMILES string of the molecule is On1ncc2nccc-2n1. The van der Waals surface area contributed by atoms with Crippen LogP contribution in [-0.4, -0.2) is 25.3 Å². The normalized spacial score (nSPS) is 10.4. The minimum absolute atomic E-state index is 0.518. The molecule has 5 heteroatoms. The molecule has 0 atom stereocenters. The van der Waals surface area contributed by atoms with Crippen molar-refractivity contribution in [2.75, 3.05) is 0 Å². The zero-order valence-electron chi connectivity index (χ0n) is 4.97. The van der Waals surface area contributed by atoms with Crippen molar-refractivity contribution in [3.63, 3.8) is 0 Å². The number of nitrogens with zero attached hydrogens (tertiary/aromatic N) is 4. The largest absolute Gasteiger partial charge is 0.396 e. The van der Waals surface area contributed by atoms with Gasteiger partial charge in [0.05, 0.1) is 6.20 Å². The summed E-state index contributed by atoms with van der Waals surface area (Å²) in [6.07, 6.45) is 3.06. The lowest BCUT2D eigenvalue weighted by Gasteiger charge is -1.94. The van der Waals surface area contributed by atoms with Gasteiger partial charge in [0, 0.05) is 6.20 Å². The first-order chi connectivity index (χ1) is 4.86. The zero-order chi connectivity index (χ0) is 6.97. The number of hydrogen-bond donors (Lipinski definition) is 1. The number of rotatable bonds is 0. The second-order valence-corrected chi connectivity index (χ2v) is 1.83. The molecule has 10 heavy (non-hydrogen) atoms. The van der Waals surface area contributed by atoms with Crippen LogP contribution in [0.15, 0.2) is 18.5 Å². The molecule has 0 saturated carbocycles. The standard InChI is InChI=1S/C5H4N4O/c10-9-7-3-5-4(8-9)1-2-6-5/h1-3,10H. The number of hydrogen-bond acceptors (Lipinski definition) is 4. The van der Waals surface area contributed by atoms with Crippen LogP contribution in [0.2, 0.25) is 0 Å². The van der Waals surface area contributed by atoms with E-state index in [1.165, 1.54) is 6.20 Å². The van der Waals surface area contributed by atoms with Crippen LogP contribution in [0.4, 0.5) is 0 Å². The van der Waals surface area contributed by atoms with Gasteiger partial charge >= 0.3 is 0 Å². The van der Waals surface area contributed by atoms with E-state index in [0.29, 0.717) is 16.3 Å². The second kappa shape index (κ2) is 1.66. The molecule has 0 bridgehead atoms. The molecule has 0 radical (unpaired) electrons. The molecular weight excluding hydrogens is 132 g/mol. The highest BCUT2D eigenvalue weighted by atomic mass is 16.5. The lowest BCUT2D eigenvalue weighted by Crippen LogP contribution is -2.04. The molecule has 2 aliphatic heterocycles. The summed E-state index contributed by atoms with van der Waals surface area (Å²) >= 11 is 0. The molecule has 0 fully saturated rings.